The van der Waals surface area contributed by atoms with Gasteiger partial charge in [-0.25, -0.2) is 15.0 Å². The second-order valence-electron chi connectivity index (χ2n) is 5.81. The van der Waals surface area contributed by atoms with E-state index in [1.54, 1.807) is 18.4 Å². The van der Waals surface area contributed by atoms with Gasteiger partial charge >= 0.3 is 0 Å². The average Bonchev–Trinajstić information content (AvgIpc) is 3.34. The third-order valence-corrected chi connectivity index (χ3v) is 5.11. The molecule has 0 fully saturated rings. The number of thiophene rings is 1. The van der Waals surface area contributed by atoms with Crippen molar-refractivity contribution in [2.24, 2.45) is 0 Å². The number of para-hydroxylation sites is 2. The minimum absolute atomic E-state index is 0.642. The van der Waals surface area contributed by atoms with Crippen molar-refractivity contribution in [3.63, 3.8) is 0 Å². The van der Waals surface area contributed by atoms with Crippen molar-refractivity contribution in [1.29, 1.82) is 0 Å². The molecule has 5 aromatic rings. The van der Waals surface area contributed by atoms with Gasteiger partial charge in [-0.2, -0.15) is 0 Å². The molecule has 6 heteroatoms. The summed E-state index contributed by atoms with van der Waals surface area (Å²) in [6.45, 7) is 0. The molecule has 5 rings (SSSR count). The summed E-state index contributed by atoms with van der Waals surface area (Å²) in [5, 5.41) is 2.05. The Bertz CT molecular complexity index is 1210. The van der Waals surface area contributed by atoms with E-state index in [-0.39, 0.29) is 0 Å². The SMILES string of the molecule is COc1ccc(-n2c(-c3cccs3)nc3nc4ccccc4nc32)cc1. The van der Waals surface area contributed by atoms with E-state index in [0.717, 1.165) is 38.8 Å². The van der Waals surface area contributed by atoms with E-state index in [4.69, 9.17) is 19.7 Å². The van der Waals surface area contributed by atoms with Crippen LogP contribution >= 0.6 is 11.3 Å². The van der Waals surface area contributed by atoms with Gasteiger partial charge in [0.05, 0.1) is 23.0 Å². The van der Waals surface area contributed by atoms with Crippen molar-refractivity contribution in [2.75, 3.05) is 7.11 Å². The first-order valence-corrected chi connectivity index (χ1v) is 9.05. The first-order chi connectivity index (χ1) is 12.8. The van der Waals surface area contributed by atoms with Crippen LogP contribution in [0.1, 0.15) is 0 Å². The van der Waals surface area contributed by atoms with Crippen LogP contribution in [0.4, 0.5) is 0 Å². The molecule has 3 aromatic heterocycles. The molecule has 0 radical (unpaired) electrons. The lowest BCUT2D eigenvalue weighted by Crippen LogP contribution is -1.98. The Labute approximate surface area is 153 Å². The van der Waals surface area contributed by atoms with Crippen LogP contribution in [0.25, 0.3) is 38.7 Å². The zero-order valence-corrected chi connectivity index (χ0v) is 14.8. The number of fused-ring (bicyclic) bond motifs is 2. The topological polar surface area (TPSA) is 52.8 Å². The Kier molecular flexibility index (Phi) is 3.43. The summed E-state index contributed by atoms with van der Waals surface area (Å²) in [4.78, 5) is 15.4. The van der Waals surface area contributed by atoms with Crippen LogP contribution in [-0.2, 0) is 0 Å². The second kappa shape index (κ2) is 5.93. The summed E-state index contributed by atoms with van der Waals surface area (Å²) < 4.78 is 7.34. The number of hydrogen-bond acceptors (Lipinski definition) is 5. The highest BCUT2D eigenvalue weighted by Gasteiger charge is 2.18. The summed E-state index contributed by atoms with van der Waals surface area (Å²) in [7, 11) is 1.66. The molecule has 0 saturated heterocycles. The third kappa shape index (κ3) is 2.34. The zero-order chi connectivity index (χ0) is 17.5. The van der Waals surface area contributed by atoms with E-state index < -0.39 is 0 Å². The van der Waals surface area contributed by atoms with Gasteiger partial charge < -0.3 is 4.74 Å². The van der Waals surface area contributed by atoms with E-state index in [9.17, 15) is 0 Å². The van der Waals surface area contributed by atoms with Crippen molar-refractivity contribution in [1.82, 2.24) is 19.5 Å². The number of hydrogen-bond donors (Lipinski definition) is 0. The fourth-order valence-corrected chi connectivity index (χ4v) is 3.71. The number of rotatable bonds is 3. The molecular formula is C20H14N4OS. The van der Waals surface area contributed by atoms with E-state index in [1.807, 2.05) is 60.0 Å². The molecule has 2 aromatic carbocycles. The Morgan fingerprint density at radius 1 is 0.846 bits per heavy atom. The normalized spacial score (nSPS) is 11.3. The first-order valence-electron chi connectivity index (χ1n) is 8.17. The number of imidazole rings is 1. The van der Waals surface area contributed by atoms with Crippen LogP contribution in [0.15, 0.2) is 66.0 Å². The van der Waals surface area contributed by atoms with Gasteiger partial charge in [0.15, 0.2) is 17.1 Å². The molecule has 0 N–H and O–H groups in total. The van der Waals surface area contributed by atoms with Gasteiger partial charge in [0.2, 0.25) is 0 Å². The van der Waals surface area contributed by atoms with Crippen molar-refractivity contribution >= 4 is 33.7 Å². The van der Waals surface area contributed by atoms with E-state index >= 15 is 0 Å². The monoisotopic (exact) mass is 358 g/mol. The Hall–Kier alpha value is -3.25. The predicted octanol–water partition coefficient (Wildman–Crippen LogP) is 4.71. The van der Waals surface area contributed by atoms with Crippen LogP contribution in [0.3, 0.4) is 0 Å². The molecule has 0 bridgehead atoms. The molecule has 0 aliphatic rings. The Morgan fingerprint density at radius 3 is 2.31 bits per heavy atom. The van der Waals surface area contributed by atoms with Gasteiger partial charge in [0.1, 0.15) is 5.75 Å². The van der Waals surface area contributed by atoms with Crippen LogP contribution in [-0.4, -0.2) is 26.6 Å². The highest BCUT2D eigenvalue weighted by molar-refractivity contribution is 7.13. The lowest BCUT2D eigenvalue weighted by molar-refractivity contribution is 0.415. The summed E-state index contributed by atoms with van der Waals surface area (Å²) in [6, 6.07) is 19.8. The maximum atomic E-state index is 5.28. The van der Waals surface area contributed by atoms with Gasteiger partial charge in [0.25, 0.3) is 0 Å². The summed E-state index contributed by atoms with van der Waals surface area (Å²) in [6.07, 6.45) is 0. The fraction of sp³-hybridized carbons (Fsp3) is 0.0500. The van der Waals surface area contributed by atoms with Gasteiger partial charge in [-0.15, -0.1) is 11.3 Å². The number of nitrogens with zero attached hydrogens (tertiary/aromatic N) is 4. The zero-order valence-electron chi connectivity index (χ0n) is 14.0. The lowest BCUT2D eigenvalue weighted by Gasteiger charge is -2.09. The second-order valence-corrected chi connectivity index (χ2v) is 6.75. The summed E-state index contributed by atoms with van der Waals surface area (Å²) >= 11 is 1.65. The van der Waals surface area contributed by atoms with Crippen molar-refractivity contribution < 1.29 is 4.74 Å². The van der Waals surface area contributed by atoms with Crippen molar-refractivity contribution in [3.8, 4) is 22.1 Å². The molecular weight excluding hydrogens is 344 g/mol. The molecule has 0 saturated carbocycles. The maximum absolute atomic E-state index is 5.28. The Balaban J connectivity index is 1.84. The van der Waals surface area contributed by atoms with Gasteiger partial charge in [-0.3, -0.25) is 4.57 Å². The van der Waals surface area contributed by atoms with Crippen molar-refractivity contribution in [2.45, 2.75) is 0 Å². The molecule has 0 unspecified atom stereocenters. The van der Waals surface area contributed by atoms with Crippen LogP contribution in [0.2, 0.25) is 0 Å². The number of aromatic nitrogens is 4. The average molecular weight is 358 g/mol. The number of ether oxygens (including phenoxy) is 1. The fourth-order valence-electron chi connectivity index (χ4n) is 3.00. The highest BCUT2D eigenvalue weighted by Crippen LogP contribution is 2.31. The first kappa shape index (κ1) is 15.0. The summed E-state index contributed by atoms with van der Waals surface area (Å²) in [5.74, 6) is 1.66. The molecule has 0 aliphatic carbocycles. The molecule has 26 heavy (non-hydrogen) atoms. The highest BCUT2D eigenvalue weighted by atomic mass is 32.1. The third-order valence-electron chi connectivity index (χ3n) is 4.24. The van der Waals surface area contributed by atoms with Gasteiger partial charge in [-0.1, -0.05) is 18.2 Å². The van der Waals surface area contributed by atoms with Crippen LogP contribution in [0.5, 0.6) is 5.75 Å². The maximum Gasteiger partial charge on any atom is 0.199 e. The predicted molar refractivity (Wildman–Crippen MR) is 104 cm³/mol. The minimum atomic E-state index is 0.642. The standard InChI is InChI=1S/C20H14N4OS/c1-25-14-10-8-13(9-11-14)24-19(17-7-4-12-26-17)23-18-20(24)22-16-6-3-2-5-15(16)21-18/h2-12H,1H3. The summed E-state index contributed by atoms with van der Waals surface area (Å²) in [5.41, 5.74) is 4.06. The smallest absolute Gasteiger partial charge is 0.199 e. The number of benzene rings is 2. The largest absolute Gasteiger partial charge is 0.497 e. The van der Waals surface area contributed by atoms with Gasteiger partial charge in [0, 0.05) is 5.69 Å². The van der Waals surface area contributed by atoms with E-state index in [0.29, 0.717) is 5.65 Å². The molecule has 0 aliphatic heterocycles. The minimum Gasteiger partial charge on any atom is -0.497 e. The quantitative estimate of drug-likeness (QED) is 0.469. The molecule has 5 nitrogen and oxygen atoms in total. The van der Waals surface area contributed by atoms with E-state index in [1.165, 1.54) is 0 Å². The van der Waals surface area contributed by atoms with E-state index in [2.05, 4.69) is 10.6 Å². The molecule has 0 atom stereocenters. The van der Waals surface area contributed by atoms with Crippen LogP contribution < -0.4 is 4.74 Å². The van der Waals surface area contributed by atoms with Gasteiger partial charge in [-0.05, 0) is 47.8 Å². The molecule has 126 valence electrons. The number of methoxy groups -OCH3 is 1. The van der Waals surface area contributed by atoms with Crippen molar-refractivity contribution in [3.05, 3.63) is 66.0 Å². The van der Waals surface area contributed by atoms with Crippen LogP contribution in [0, 0.1) is 0 Å². The molecule has 0 amide bonds. The molecule has 3 heterocycles. The molecule has 0 spiro atoms. The lowest BCUT2D eigenvalue weighted by atomic mass is 10.3. The Morgan fingerprint density at radius 2 is 1.62 bits per heavy atom.